The van der Waals surface area contributed by atoms with Crippen LogP contribution in [0.5, 0.6) is 11.5 Å². The molecular weight excluding hydrogens is 512 g/mol. The van der Waals surface area contributed by atoms with Crippen molar-refractivity contribution in [2.24, 2.45) is 15.7 Å². The van der Waals surface area contributed by atoms with Gasteiger partial charge in [-0.3, -0.25) is 24.9 Å². The Balaban J connectivity index is 1.17. The maximum Gasteiger partial charge on any atom is 0.259 e. The summed E-state index contributed by atoms with van der Waals surface area (Å²) in [6.45, 7) is 7.87. The molecule has 0 unspecified atom stereocenters. The number of pyridine rings is 1. The first-order valence-corrected chi connectivity index (χ1v) is 13.9. The van der Waals surface area contributed by atoms with E-state index >= 15 is 0 Å². The summed E-state index contributed by atoms with van der Waals surface area (Å²) in [5, 5.41) is 2.97. The lowest BCUT2D eigenvalue weighted by Gasteiger charge is -2.29. The summed E-state index contributed by atoms with van der Waals surface area (Å²) in [6.07, 6.45) is 3.42. The first kappa shape index (κ1) is 26.5. The minimum absolute atomic E-state index is 0.159. The zero-order chi connectivity index (χ0) is 27.5. The second-order valence-electron chi connectivity index (χ2n) is 10.3. The van der Waals surface area contributed by atoms with E-state index in [9.17, 15) is 4.79 Å². The van der Waals surface area contributed by atoms with Crippen molar-refractivity contribution in [2.45, 2.75) is 18.9 Å². The van der Waals surface area contributed by atoms with E-state index in [0.29, 0.717) is 48.4 Å². The first-order valence-electron chi connectivity index (χ1n) is 13.9. The van der Waals surface area contributed by atoms with Gasteiger partial charge in [0.05, 0.1) is 39.0 Å². The molecule has 1 aromatic carbocycles. The molecule has 0 bridgehead atoms. The molecule has 1 aromatic heterocycles. The number of nitrogens with one attached hydrogen (secondary N) is 1. The molecule has 12 nitrogen and oxygen atoms in total. The standard InChI is InChI=1S/C28H36N8O4/c1-38-25-22(40-14-2-9-34-12-15-39-16-13-34)5-4-21-24(25)32-28(36-11-8-30-26(21)36)33-27(37)19-3-6-23(31-17-19)35-10-7-20(29)18-35/h3-6,17,20H,2,7-16,18,29H2,1H3,(H,32,33,37)/t20-/m1/s1. The van der Waals surface area contributed by atoms with Gasteiger partial charge in [0.2, 0.25) is 5.96 Å². The third kappa shape index (κ3) is 5.47. The molecule has 4 aliphatic heterocycles. The van der Waals surface area contributed by atoms with Crippen molar-refractivity contribution in [1.29, 1.82) is 0 Å². The van der Waals surface area contributed by atoms with Gasteiger partial charge >= 0.3 is 0 Å². The van der Waals surface area contributed by atoms with Gasteiger partial charge in [-0.15, -0.1) is 0 Å². The molecule has 0 spiro atoms. The Bertz CT molecular complexity index is 1290. The maximum absolute atomic E-state index is 13.2. The molecule has 212 valence electrons. The van der Waals surface area contributed by atoms with Crippen LogP contribution in [0.1, 0.15) is 28.8 Å². The summed E-state index contributed by atoms with van der Waals surface area (Å²) in [6, 6.07) is 7.67. The minimum Gasteiger partial charge on any atom is -0.491 e. The van der Waals surface area contributed by atoms with Crippen LogP contribution < -0.4 is 25.4 Å². The van der Waals surface area contributed by atoms with E-state index in [4.69, 9.17) is 29.9 Å². The summed E-state index contributed by atoms with van der Waals surface area (Å²) < 4.78 is 17.3. The number of fused-ring (bicyclic) bond motifs is 3. The number of ether oxygens (including phenoxy) is 3. The number of amidine groups is 1. The number of methoxy groups -OCH3 is 1. The summed E-state index contributed by atoms with van der Waals surface area (Å²) in [7, 11) is 1.60. The van der Waals surface area contributed by atoms with Crippen LogP contribution in [0, 0.1) is 0 Å². The monoisotopic (exact) mass is 548 g/mol. The van der Waals surface area contributed by atoms with Gasteiger partial charge in [-0.05, 0) is 37.1 Å². The highest BCUT2D eigenvalue weighted by Crippen LogP contribution is 2.43. The van der Waals surface area contributed by atoms with Crippen LogP contribution in [0.3, 0.4) is 0 Å². The zero-order valence-corrected chi connectivity index (χ0v) is 22.8. The van der Waals surface area contributed by atoms with Gasteiger partial charge in [0.1, 0.15) is 17.3 Å². The maximum atomic E-state index is 13.2. The highest BCUT2D eigenvalue weighted by atomic mass is 16.5. The smallest absolute Gasteiger partial charge is 0.259 e. The van der Waals surface area contributed by atoms with Gasteiger partial charge in [-0.25, -0.2) is 9.98 Å². The molecule has 2 saturated heterocycles. The van der Waals surface area contributed by atoms with Crippen LogP contribution in [0.4, 0.5) is 11.5 Å². The zero-order valence-electron chi connectivity index (χ0n) is 22.8. The van der Waals surface area contributed by atoms with Crippen molar-refractivity contribution in [1.82, 2.24) is 20.1 Å². The Labute approximate surface area is 233 Å². The fourth-order valence-corrected chi connectivity index (χ4v) is 5.47. The number of anilines is 1. The number of carbonyl (C=O) groups is 1. The summed E-state index contributed by atoms with van der Waals surface area (Å²) in [5.41, 5.74) is 7.92. The Morgan fingerprint density at radius 1 is 1.18 bits per heavy atom. The fraction of sp³-hybridized carbons (Fsp3) is 0.500. The number of hydrogen-bond donors (Lipinski definition) is 2. The topological polar surface area (TPSA) is 130 Å². The number of morpholine rings is 1. The average Bonchev–Trinajstić information content (AvgIpc) is 3.66. The predicted octanol–water partition coefficient (Wildman–Crippen LogP) is 1.22. The second kappa shape index (κ2) is 11.8. The molecule has 3 N–H and O–H groups in total. The van der Waals surface area contributed by atoms with Crippen molar-refractivity contribution >= 4 is 29.2 Å². The van der Waals surface area contributed by atoms with E-state index in [0.717, 1.165) is 76.0 Å². The third-order valence-corrected chi connectivity index (χ3v) is 7.62. The molecule has 2 aromatic rings. The molecule has 12 heteroatoms. The van der Waals surface area contributed by atoms with E-state index < -0.39 is 0 Å². The van der Waals surface area contributed by atoms with Gasteiger partial charge < -0.3 is 24.8 Å². The molecule has 0 aliphatic carbocycles. The summed E-state index contributed by atoms with van der Waals surface area (Å²) in [4.78, 5) is 33.7. The number of guanidine groups is 1. The van der Waals surface area contributed by atoms with Gasteiger partial charge in [-0.2, -0.15) is 0 Å². The van der Waals surface area contributed by atoms with Crippen molar-refractivity contribution in [3.05, 3.63) is 41.6 Å². The lowest BCUT2D eigenvalue weighted by atomic mass is 10.1. The molecule has 1 amide bonds. The van der Waals surface area contributed by atoms with Crippen LogP contribution in [-0.2, 0) is 4.74 Å². The second-order valence-corrected chi connectivity index (χ2v) is 10.3. The van der Waals surface area contributed by atoms with E-state index in [-0.39, 0.29) is 11.9 Å². The number of rotatable bonds is 8. The Kier molecular flexibility index (Phi) is 7.80. The number of benzene rings is 1. The Morgan fingerprint density at radius 2 is 2.05 bits per heavy atom. The molecule has 4 aliphatic rings. The lowest BCUT2D eigenvalue weighted by Crippen LogP contribution is -2.47. The summed E-state index contributed by atoms with van der Waals surface area (Å²) >= 11 is 0. The van der Waals surface area contributed by atoms with Crippen LogP contribution >= 0.6 is 0 Å². The van der Waals surface area contributed by atoms with Gasteiger partial charge in [0.15, 0.2) is 11.5 Å². The van der Waals surface area contributed by atoms with Gasteiger partial charge in [0, 0.05) is 57.1 Å². The highest BCUT2D eigenvalue weighted by Gasteiger charge is 2.33. The van der Waals surface area contributed by atoms with Crippen LogP contribution in [0.15, 0.2) is 40.4 Å². The number of aliphatic imine (C=N–C) groups is 2. The van der Waals surface area contributed by atoms with Crippen molar-refractivity contribution in [3.8, 4) is 11.5 Å². The van der Waals surface area contributed by atoms with Gasteiger partial charge in [-0.1, -0.05) is 0 Å². The van der Waals surface area contributed by atoms with Crippen molar-refractivity contribution in [3.63, 3.8) is 0 Å². The molecule has 5 heterocycles. The minimum atomic E-state index is -0.292. The Morgan fingerprint density at radius 3 is 2.80 bits per heavy atom. The molecular formula is C28H36N8O4. The quantitative estimate of drug-likeness (QED) is 0.468. The molecule has 1 atom stereocenters. The molecule has 2 fully saturated rings. The fourth-order valence-electron chi connectivity index (χ4n) is 5.47. The lowest BCUT2D eigenvalue weighted by molar-refractivity contribution is 0.0357. The van der Waals surface area contributed by atoms with E-state index in [1.165, 1.54) is 0 Å². The molecule has 6 rings (SSSR count). The number of amides is 1. The number of nitrogens with two attached hydrogens (primary N) is 1. The normalized spacial score (nSPS) is 20.5. The third-order valence-electron chi connectivity index (χ3n) is 7.62. The van der Waals surface area contributed by atoms with Crippen molar-refractivity contribution in [2.75, 3.05) is 77.6 Å². The number of aromatic nitrogens is 1. The molecule has 0 radical (unpaired) electrons. The van der Waals surface area contributed by atoms with E-state index in [1.54, 1.807) is 19.4 Å². The van der Waals surface area contributed by atoms with E-state index in [1.807, 2.05) is 23.1 Å². The predicted molar refractivity (Wildman–Crippen MR) is 152 cm³/mol. The SMILES string of the molecule is COc1c(OCCCN2CCOCC2)ccc2c1N=C(NC(=O)c1ccc(N3CC[C@@H](N)C3)nc1)N1CCN=C21. The summed E-state index contributed by atoms with van der Waals surface area (Å²) in [5.74, 6) is 2.85. The largest absolute Gasteiger partial charge is 0.491 e. The van der Waals surface area contributed by atoms with Crippen LogP contribution in [0.25, 0.3) is 0 Å². The average molecular weight is 549 g/mol. The van der Waals surface area contributed by atoms with Crippen LogP contribution in [-0.4, -0.2) is 111 Å². The number of carbonyl (C=O) groups excluding carboxylic acids is 1. The number of nitrogens with zero attached hydrogens (tertiary/aromatic N) is 6. The molecule has 0 saturated carbocycles. The van der Waals surface area contributed by atoms with Crippen molar-refractivity contribution < 1.29 is 19.0 Å². The van der Waals surface area contributed by atoms with Crippen LogP contribution in [0.2, 0.25) is 0 Å². The molecule has 40 heavy (non-hydrogen) atoms. The van der Waals surface area contributed by atoms with Gasteiger partial charge in [0.25, 0.3) is 5.91 Å². The first-order chi connectivity index (χ1) is 19.6. The van der Waals surface area contributed by atoms with E-state index in [2.05, 4.69) is 20.1 Å². The highest BCUT2D eigenvalue weighted by molar-refractivity contribution is 6.20. The Hall–Kier alpha value is -3.74. The number of hydrogen-bond acceptors (Lipinski definition) is 11.